The minimum atomic E-state index is 0.451. The molecule has 0 bridgehead atoms. The molecule has 1 aromatic rings. The summed E-state index contributed by atoms with van der Waals surface area (Å²) >= 11 is 5.75. The van der Waals surface area contributed by atoms with Crippen LogP contribution in [0.4, 0.5) is 0 Å². The first kappa shape index (κ1) is 9.90. The predicted octanol–water partition coefficient (Wildman–Crippen LogP) is 1.92. The summed E-state index contributed by atoms with van der Waals surface area (Å²) in [7, 11) is 0. The number of aryl methyl sites for hydroxylation is 1. The fourth-order valence-corrected chi connectivity index (χ4v) is 1.09. The minimum absolute atomic E-state index is 0.451. The molecule has 0 aromatic carbocycles. The Hall–Kier alpha value is -1.18. The molecule has 0 saturated heterocycles. The molecule has 0 N–H and O–H groups in total. The zero-order chi connectivity index (χ0) is 9.68. The van der Waals surface area contributed by atoms with Crippen molar-refractivity contribution < 1.29 is 4.79 Å². The first-order valence-corrected chi connectivity index (χ1v) is 4.26. The molecule has 1 aromatic heterocycles. The minimum Gasteiger partial charge on any atom is -0.244 e. The first-order valence-electron chi connectivity index (χ1n) is 3.88. The smallest absolute Gasteiger partial charge is 0.234 e. The van der Waals surface area contributed by atoms with Gasteiger partial charge in [0.2, 0.25) is 6.08 Å². The van der Waals surface area contributed by atoms with E-state index in [9.17, 15) is 4.79 Å². The van der Waals surface area contributed by atoms with E-state index in [1.165, 1.54) is 6.08 Å². The number of rotatable bonds is 3. The van der Waals surface area contributed by atoms with Crippen molar-refractivity contribution in [3.8, 4) is 0 Å². The van der Waals surface area contributed by atoms with Crippen molar-refractivity contribution in [3.05, 3.63) is 28.5 Å². The van der Waals surface area contributed by atoms with Gasteiger partial charge < -0.3 is 0 Å². The van der Waals surface area contributed by atoms with Crippen molar-refractivity contribution in [3.63, 3.8) is 0 Å². The molecule has 0 spiro atoms. The van der Waals surface area contributed by atoms with Crippen LogP contribution >= 0.6 is 11.6 Å². The van der Waals surface area contributed by atoms with E-state index in [0.717, 1.165) is 11.1 Å². The van der Waals surface area contributed by atoms with Crippen molar-refractivity contribution >= 4 is 17.7 Å². The normalized spacial score (nSPS) is 9.38. The maximum absolute atomic E-state index is 9.79. The molecule has 0 aliphatic rings. The highest BCUT2D eigenvalue weighted by molar-refractivity contribution is 6.30. The lowest BCUT2D eigenvalue weighted by atomic mass is 10.2. The van der Waals surface area contributed by atoms with E-state index in [4.69, 9.17) is 11.6 Å². The average molecular weight is 197 g/mol. The van der Waals surface area contributed by atoms with E-state index in [1.807, 2.05) is 13.0 Å². The highest BCUT2D eigenvalue weighted by atomic mass is 35.5. The molecule has 1 rings (SSSR count). The second-order valence-electron chi connectivity index (χ2n) is 2.67. The Morgan fingerprint density at radius 3 is 3.08 bits per heavy atom. The Kier molecular flexibility index (Phi) is 3.62. The molecule has 68 valence electrons. The van der Waals surface area contributed by atoms with Crippen LogP contribution in [0, 0.1) is 6.92 Å². The van der Waals surface area contributed by atoms with Gasteiger partial charge in [-0.3, -0.25) is 0 Å². The SMILES string of the molecule is Cc1cc(CCN=C=O)cnc1Cl. The fraction of sp³-hybridized carbons (Fsp3) is 0.333. The lowest BCUT2D eigenvalue weighted by Gasteiger charge is -2.00. The highest BCUT2D eigenvalue weighted by Gasteiger charge is 1.98. The summed E-state index contributed by atoms with van der Waals surface area (Å²) in [5.41, 5.74) is 1.97. The maximum atomic E-state index is 9.79. The van der Waals surface area contributed by atoms with E-state index in [-0.39, 0.29) is 0 Å². The van der Waals surface area contributed by atoms with Crippen LogP contribution in [-0.2, 0) is 11.2 Å². The topological polar surface area (TPSA) is 42.3 Å². The number of carbonyl (C=O) groups excluding carboxylic acids is 1. The maximum Gasteiger partial charge on any atom is 0.234 e. The summed E-state index contributed by atoms with van der Waals surface area (Å²) in [5.74, 6) is 0. The van der Waals surface area contributed by atoms with Gasteiger partial charge in [0.1, 0.15) is 5.15 Å². The van der Waals surface area contributed by atoms with Crippen LogP contribution in [0.25, 0.3) is 0 Å². The van der Waals surface area contributed by atoms with E-state index >= 15 is 0 Å². The molecule has 0 aliphatic heterocycles. The van der Waals surface area contributed by atoms with Gasteiger partial charge >= 0.3 is 0 Å². The molecule has 4 heteroatoms. The van der Waals surface area contributed by atoms with Crippen molar-refractivity contribution in [2.24, 2.45) is 4.99 Å². The highest BCUT2D eigenvalue weighted by Crippen LogP contribution is 2.12. The third-order valence-electron chi connectivity index (χ3n) is 1.65. The van der Waals surface area contributed by atoms with Gasteiger partial charge in [0.05, 0.1) is 6.54 Å². The first-order chi connectivity index (χ1) is 6.24. The van der Waals surface area contributed by atoms with Gasteiger partial charge in [-0.2, -0.15) is 0 Å². The predicted molar refractivity (Wildman–Crippen MR) is 50.7 cm³/mol. The number of aliphatic imine (C=N–C) groups is 1. The van der Waals surface area contributed by atoms with Gasteiger partial charge in [-0.15, -0.1) is 0 Å². The number of isocyanates is 1. The number of nitrogens with zero attached hydrogens (tertiary/aromatic N) is 2. The van der Waals surface area contributed by atoms with Gasteiger partial charge in [0.25, 0.3) is 0 Å². The molecule has 1 heterocycles. The molecule has 0 saturated carbocycles. The second kappa shape index (κ2) is 4.75. The van der Waals surface area contributed by atoms with Crippen LogP contribution in [0.1, 0.15) is 11.1 Å². The van der Waals surface area contributed by atoms with Crippen LogP contribution in [0.3, 0.4) is 0 Å². The number of halogens is 1. The van der Waals surface area contributed by atoms with Crippen LogP contribution in [-0.4, -0.2) is 17.6 Å². The summed E-state index contributed by atoms with van der Waals surface area (Å²) in [6.45, 7) is 2.34. The summed E-state index contributed by atoms with van der Waals surface area (Å²) < 4.78 is 0. The third kappa shape index (κ3) is 2.98. The number of hydrogen-bond acceptors (Lipinski definition) is 3. The van der Waals surface area contributed by atoms with Crippen molar-refractivity contribution in [2.75, 3.05) is 6.54 Å². The number of pyridine rings is 1. The van der Waals surface area contributed by atoms with E-state index in [0.29, 0.717) is 18.1 Å². The Labute approximate surface area is 81.5 Å². The largest absolute Gasteiger partial charge is 0.244 e. The Morgan fingerprint density at radius 1 is 1.69 bits per heavy atom. The standard InChI is InChI=1S/C9H9ClN2O/c1-7-4-8(2-3-11-6-13)5-12-9(7)10/h4-5H,2-3H2,1H3. The van der Waals surface area contributed by atoms with Crippen molar-refractivity contribution in [1.29, 1.82) is 0 Å². The van der Waals surface area contributed by atoms with Crippen LogP contribution in [0.5, 0.6) is 0 Å². The summed E-state index contributed by atoms with van der Waals surface area (Å²) in [5, 5.41) is 0.516. The fourth-order valence-electron chi connectivity index (χ4n) is 0.984. The van der Waals surface area contributed by atoms with Crippen LogP contribution < -0.4 is 0 Å². The molecule has 0 radical (unpaired) electrons. The van der Waals surface area contributed by atoms with Gasteiger partial charge in [0.15, 0.2) is 0 Å². The third-order valence-corrected chi connectivity index (χ3v) is 2.04. The van der Waals surface area contributed by atoms with Crippen LogP contribution in [0.2, 0.25) is 5.15 Å². The zero-order valence-electron chi connectivity index (χ0n) is 7.25. The number of hydrogen-bond donors (Lipinski definition) is 0. The summed E-state index contributed by atoms with van der Waals surface area (Å²) in [6.07, 6.45) is 3.88. The van der Waals surface area contributed by atoms with Gasteiger partial charge in [-0.25, -0.2) is 14.8 Å². The molecule has 0 fully saturated rings. The number of aromatic nitrogens is 1. The molecule has 0 aliphatic carbocycles. The molecular weight excluding hydrogens is 188 g/mol. The van der Waals surface area contributed by atoms with Crippen molar-refractivity contribution in [2.45, 2.75) is 13.3 Å². The Morgan fingerprint density at radius 2 is 2.46 bits per heavy atom. The van der Waals surface area contributed by atoms with Crippen molar-refractivity contribution in [1.82, 2.24) is 4.98 Å². The molecule has 0 amide bonds. The summed E-state index contributed by atoms with van der Waals surface area (Å²) in [4.78, 5) is 17.2. The van der Waals surface area contributed by atoms with Crippen LogP contribution in [0.15, 0.2) is 17.3 Å². The van der Waals surface area contributed by atoms with Gasteiger partial charge in [0, 0.05) is 6.20 Å². The lowest BCUT2D eigenvalue weighted by Crippen LogP contribution is -1.92. The Bertz CT molecular complexity index is 345. The molecular formula is C9H9ClN2O. The van der Waals surface area contributed by atoms with E-state index in [1.54, 1.807) is 6.20 Å². The zero-order valence-corrected chi connectivity index (χ0v) is 8.01. The molecule has 3 nitrogen and oxygen atoms in total. The lowest BCUT2D eigenvalue weighted by molar-refractivity contribution is 0.563. The van der Waals surface area contributed by atoms with E-state index in [2.05, 4.69) is 9.98 Å². The summed E-state index contributed by atoms with van der Waals surface area (Å²) in [6, 6.07) is 1.94. The molecule has 0 unspecified atom stereocenters. The quantitative estimate of drug-likeness (QED) is 0.421. The Balaban J connectivity index is 2.68. The molecule has 0 atom stereocenters. The van der Waals surface area contributed by atoms with Gasteiger partial charge in [-0.1, -0.05) is 17.7 Å². The van der Waals surface area contributed by atoms with Gasteiger partial charge in [-0.05, 0) is 24.5 Å². The second-order valence-corrected chi connectivity index (χ2v) is 3.03. The van der Waals surface area contributed by atoms with E-state index < -0.39 is 0 Å². The monoisotopic (exact) mass is 196 g/mol. The molecule has 13 heavy (non-hydrogen) atoms. The average Bonchev–Trinajstić information content (AvgIpc) is 2.12.